The normalized spacial score (nSPS) is 14.2. The summed E-state index contributed by atoms with van der Waals surface area (Å²) in [5.41, 5.74) is 1.51. The zero-order valence-electron chi connectivity index (χ0n) is 13.0. The van der Waals surface area contributed by atoms with Gasteiger partial charge in [0.2, 0.25) is 0 Å². The Kier molecular flexibility index (Phi) is 4.74. The number of nitrogens with two attached hydrogens (primary N) is 1. The molecule has 25 heavy (non-hydrogen) atoms. The van der Waals surface area contributed by atoms with Crippen molar-refractivity contribution in [2.75, 3.05) is 18.0 Å². The third kappa shape index (κ3) is 3.23. The molecule has 9 heteroatoms. The van der Waals surface area contributed by atoms with E-state index in [9.17, 15) is 21.6 Å². The van der Waals surface area contributed by atoms with E-state index in [1.165, 1.54) is 17.8 Å². The second kappa shape index (κ2) is 6.54. The maximum Gasteiger partial charge on any atom is 0.501 e. The van der Waals surface area contributed by atoms with Crippen molar-refractivity contribution in [2.45, 2.75) is 26.6 Å². The minimum Gasteiger partial charge on any atom is -0.340 e. The van der Waals surface area contributed by atoms with E-state index in [1.807, 2.05) is 29.2 Å². The molecule has 1 aliphatic heterocycles. The number of hydrogen-bond acceptors (Lipinski definition) is 5. The zero-order valence-corrected chi connectivity index (χ0v) is 14.6. The van der Waals surface area contributed by atoms with Crippen LogP contribution in [0.3, 0.4) is 0 Å². The number of nitrogens with zero attached hydrogens (tertiary/aromatic N) is 1. The van der Waals surface area contributed by atoms with Crippen molar-refractivity contribution >= 4 is 33.0 Å². The van der Waals surface area contributed by atoms with E-state index < -0.39 is 20.2 Å². The van der Waals surface area contributed by atoms with Crippen LogP contribution in [0.1, 0.15) is 6.42 Å². The number of fused-ring (bicyclic) bond motifs is 2. The Morgan fingerprint density at radius 2 is 1.72 bits per heavy atom. The molecule has 2 N–H and O–H groups in total. The van der Waals surface area contributed by atoms with Crippen LogP contribution >= 0.6 is 11.8 Å². The van der Waals surface area contributed by atoms with Crippen molar-refractivity contribution in [1.82, 2.24) is 0 Å². The van der Waals surface area contributed by atoms with Crippen molar-refractivity contribution in [2.24, 2.45) is 5.73 Å². The quantitative estimate of drug-likeness (QED) is 0.860. The van der Waals surface area contributed by atoms with Gasteiger partial charge in [0.1, 0.15) is 0 Å². The molecule has 1 heterocycles. The van der Waals surface area contributed by atoms with Crippen LogP contribution in [0.25, 0.3) is 0 Å². The minimum absolute atomic E-state index is 0.418. The fourth-order valence-corrected chi connectivity index (χ4v) is 4.46. The van der Waals surface area contributed by atoms with Gasteiger partial charge in [-0.2, -0.15) is 13.2 Å². The molecular weight excluding hydrogens is 373 g/mol. The molecule has 0 radical (unpaired) electrons. The fraction of sp³-hybridized carbons (Fsp3) is 0.250. The molecule has 0 aliphatic carbocycles. The van der Waals surface area contributed by atoms with Gasteiger partial charge in [-0.05, 0) is 43.3 Å². The molecule has 0 unspecified atom stereocenters. The first-order chi connectivity index (χ1) is 11.8. The molecule has 0 saturated heterocycles. The molecule has 0 atom stereocenters. The van der Waals surface area contributed by atoms with Crippen LogP contribution in [0, 0.1) is 0 Å². The van der Waals surface area contributed by atoms with E-state index in [1.54, 1.807) is 0 Å². The largest absolute Gasteiger partial charge is 0.501 e. The molecule has 4 nitrogen and oxygen atoms in total. The number of rotatable bonds is 4. The Morgan fingerprint density at radius 3 is 2.40 bits per heavy atom. The second-order valence-electron chi connectivity index (χ2n) is 5.44. The van der Waals surface area contributed by atoms with E-state index in [0.29, 0.717) is 30.1 Å². The Hall–Kier alpha value is -1.71. The van der Waals surface area contributed by atoms with Crippen LogP contribution in [-0.2, 0) is 9.84 Å². The smallest absolute Gasteiger partial charge is 0.340 e. The summed E-state index contributed by atoms with van der Waals surface area (Å²) in [6.07, 6.45) is 0.620. The van der Waals surface area contributed by atoms with Gasteiger partial charge in [0.05, 0.1) is 16.3 Å². The molecule has 3 rings (SSSR count). The lowest BCUT2D eigenvalue weighted by atomic mass is 10.2. The van der Waals surface area contributed by atoms with Gasteiger partial charge >= 0.3 is 5.51 Å². The Morgan fingerprint density at radius 1 is 1.04 bits per heavy atom. The number of anilines is 2. The molecule has 134 valence electrons. The molecule has 2 aromatic rings. The average Bonchev–Trinajstić information content (AvgIpc) is 2.57. The maximum atomic E-state index is 12.9. The highest BCUT2D eigenvalue weighted by molar-refractivity contribution is 7.99. The number of hydrogen-bond donors (Lipinski definition) is 1. The van der Waals surface area contributed by atoms with Gasteiger partial charge in [-0.3, -0.25) is 0 Å². The molecule has 0 aromatic heterocycles. The topological polar surface area (TPSA) is 63.4 Å². The number of sulfone groups is 1. The monoisotopic (exact) mass is 388 g/mol. The van der Waals surface area contributed by atoms with Crippen LogP contribution in [-0.4, -0.2) is 27.0 Å². The predicted octanol–water partition coefficient (Wildman–Crippen LogP) is 3.93. The molecule has 0 bridgehead atoms. The van der Waals surface area contributed by atoms with Gasteiger partial charge in [0, 0.05) is 16.3 Å². The zero-order chi connectivity index (χ0) is 18.2. The first-order valence-corrected chi connectivity index (χ1v) is 9.75. The lowest BCUT2D eigenvalue weighted by molar-refractivity contribution is -0.0436. The molecule has 0 fully saturated rings. The van der Waals surface area contributed by atoms with E-state index in [0.717, 1.165) is 22.7 Å². The molecule has 0 amide bonds. The summed E-state index contributed by atoms with van der Waals surface area (Å²) in [6.45, 7) is 0.901. The second-order valence-corrected chi connectivity index (χ2v) is 8.47. The summed E-state index contributed by atoms with van der Waals surface area (Å²) in [5, 5.41) is 0. The number of benzene rings is 2. The lowest BCUT2D eigenvalue weighted by Gasteiger charge is -2.33. The van der Waals surface area contributed by atoms with Crippen LogP contribution < -0.4 is 10.6 Å². The van der Waals surface area contributed by atoms with E-state index in [4.69, 9.17) is 5.73 Å². The summed E-state index contributed by atoms with van der Waals surface area (Å²) in [4.78, 5) is 2.73. The highest BCUT2D eigenvalue weighted by atomic mass is 32.2. The molecule has 0 saturated carbocycles. The standard InChI is InChI=1S/C16H15F3N2O2S2/c17-16(18,19)25(22,23)11-6-7-15-13(10-11)21(9-3-8-20)12-4-1-2-5-14(12)24-15/h1-2,4-7,10H,3,8-9,20H2. The van der Waals surface area contributed by atoms with Gasteiger partial charge < -0.3 is 10.6 Å². The van der Waals surface area contributed by atoms with Gasteiger partial charge in [-0.25, -0.2) is 8.42 Å². The summed E-state index contributed by atoms with van der Waals surface area (Å²) in [6, 6.07) is 11.0. The summed E-state index contributed by atoms with van der Waals surface area (Å²) >= 11 is 1.40. The first kappa shape index (κ1) is 18.1. The SMILES string of the molecule is NCCCN1c2ccccc2Sc2ccc(S(=O)(=O)C(F)(F)F)cc21. The fourth-order valence-electron chi connectivity index (χ4n) is 2.60. The lowest BCUT2D eigenvalue weighted by Crippen LogP contribution is -2.26. The van der Waals surface area contributed by atoms with Crippen LogP contribution in [0.15, 0.2) is 57.2 Å². The third-order valence-corrected chi connectivity index (χ3v) is 6.41. The Balaban J connectivity index is 2.12. The molecule has 2 aromatic carbocycles. The average molecular weight is 388 g/mol. The third-order valence-electron chi connectivity index (χ3n) is 3.80. The van der Waals surface area contributed by atoms with Crippen LogP contribution in [0.2, 0.25) is 0 Å². The van der Waals surface area contributed by atoms with Crippen molar-refractivity contribution in [3.63, 3.8) is 0 Å². The van der Waals surface area contributed by atoms with Crippen molar-refractivity contribution in [3.8, 4) is 0 Å². The summed E-state index contributed by atoms with van der Waals surface area (Å²) in [7, 11) is -5.39. The summed E-state index contributed by atoms with van der Waals surface area (Å²) in [5.74, 6) is 0. The summed E-state index contributed by atoms with van der Waals surface area (Å²) < 4.78 is 62.1. The molecular formula is C16H15F3N2O2S2. The molecule has 1 aliphatic rings. The number of alkyl halides is 3. The van der Waals surface area contributed by atoms with Crippen LogP contribution in [0.4, 0.5) is 24.5 Å². The highest BCUT2D eigenvalue weighted by Gasteiger charge is 2.47. The van der Waals surface area contributed by atoms with Crippen LogP contribution in [0.5, 0.6) is 0 Å². The van der Waals surface area contributed by atoms with Crippen molar-refractivity contribution in [1.29, 1.82) is 0 Å². The number of para-hydroxylation sites is 1. The van der Waals surface area contributed by atoms with E-state index in [-0.39, 0.29) is 0 Å². The Labute approximate surface area is 147 Å². The predicted molar refractivity (Wildman–Crippen MR) is 90.9 cm³/mol. The first-order valence-electron chi connectivity index (χ1n) is 7.45. The molecule has 0 spiro atoms. The van der Waals surface area contributed by atoms with Gasteiger partial charge in [0.25, 0.3) is 9.84 Å². The highest BCUT2D eigenvalue weighted by Crippen LogP contribution is 2.49. The van der Waals surface area contributed by atoms with E-state index in [2.05, 4.69) is 0 Å². The van der Waals surface area contributed by atoms with Gasteiger partial charge in [-0.15, -0.1) is 0 Å². The number of halogens is 3. The Bertz CT molecular complexity index is 898. The van der Waals surface area contributed by atoms with Gasteiger partial charge in [-0.1, -0.05) is 23.9 Å². The maximum absolute atomic E-state index is 12.9. The van der Waals surface area contributed by atoms with Gasteiger partial charge in [0.15, 0.2) is 0 Å². The minimum atomic E-state index is -5.39. The van der Waals surface area contributed by atoms with Crippen molar-refractivity contribution in [3.05, 3.63) is 42.5 Å². The van der Waals surface area contributed by atoms with Crippen molar-refractivity contribution < 1.29 is 21.6 Å². The van der Waals surface area contributed by atoms with E-state index >= 15 is 0 Å².